The second-order valence-corrected chi connectivity index (χ2v) is 3.53. The summed E-state index contributed by atoms with van der Waals surface area (Å²) in [5, 5.41) is 3.26. The van der Waals surface area contributed by atoms with Gasteiger partial charge in [0.15, 0.2) is 6.23 Å². The van der Waals surface area contributed by atoms with E-state index < -0.39 is 0 Å². The number of amidine groups is 1. The molecule has 0 saturated heterocycles. The number of benzene rings is 1. The molecule has 0 fully saturated rings. The first-order valence-corrected chi connectivity index (χ1v) is 5.34. The van der Waals surface area contributed by atoms with Crippen LogP contribution in [0.3, 0.4) is 0 Å². The van der Waals surface area contributed by atoms with Crippen LogP contribution in [-0.4, -0.2) is 25.2 Å². The van der Waals surface area contributed by atoms with Gasteiger partial charge in [-0.05, 0) is 12.5 Å². The molecule has 1 aliphatic rings. The van der Waals surface area contributed by atoms with E-state index in [0.717, 1.165) is 18.8 Å². The van der Waals surface area contributed by atoms with Crippen LogP contribution in [0.4, 0.5) is 0 Å². The maximum absolute atomic E-state index is 5.42. The standard InChI is InChI=1S/C12H16N2O/c1-2-15-12-9-13-11(14-12)8-10-6-4-3-5-7-10/h3-7,12H,2,8-9H2,1H3,(H,13,14). The van der Waals surface area contributed by atoms with Gasteiger partial charge in [-0.2, -0.15) is 0 Å². The van der Waals surface area contributed by atoms with Gasteiger partial charge in [0.25, 0.3) is 0 Å². The van der Waals surface area contributed by atoms with E-state index in [0.29, 0.717) is 6.61 Å². The number of rotatable bonds is 4. The molecule has 0 amide bonds. The molecule has 0 radical (unpaired) electrons. The van der Waals surface area contributed by atoms with Crippen molar-refractivity contribution in [2.24, 2.45) is 4.99 Å². The van der Waals surface area contributed by atoms with Crippen LogP contribution in [0.25, 0.3) is 0 Å². The molecule has 2 rings (SSSR count). The third-order valence-electron chi connectivity index (χ3n) is 2.35. The lowest BCUT2D eigenvalue weighted by molar-refractivity contribution is 0.0790. The molecule has 1 aromatic carbocycles. The molecule has 0 aromatic heterocycles. The first-order valence-electron chi connectivity index (χ1n) is 5.34. The van der Waals surface area contributed by atoms with E-state index in [-0.39, 0.29) is 6.23 Å². The highest BCUT2D eigenvalue weighted by molar-refractivity contribution is 5.85. The number of nitrogens with one attached hydrogen (secondary N) is 1. The van der Waals surface area contributed by atoms with Gasteiger partial charge in [0.1, 0.15) is 5.84 Å². The second-order valence-electron chi connectivity index (χ2n) is 3.53. The van der Waals surface area contributed by atoms with Crippen molar-refractivity contribution in [3.63, 3.8) is 0 Å². The van der Waals surface area contributed by atoms with Crippen LogP contribution in [0, 0.1) is 0 Å². The molecule has 0 spiro atoms. The van der Waals surface area contributed by atoms with Gasteiger partial charge in [-0.25, -0.2) is 4.99 Å². The molecule has 1 heterocycles. The lowest BCUT2D eigenvalue weighted by atomic mass is 10.1. The van der Waals surface area contributed by atoms with Crippen LogP contribution in [0.2, 0.25) is 0 Å². The summed E-state index contributed by atoms with van der Waals surface area (Å²) in [6.45, 7) is 3.51. The fourth-order valence-electron chi connectivity index (χ4n) is 1.66. The van der Waals surface area contributed by atoms with E-state index in [1.807, 2.05) is 25.1 Å². The van der Waals surface area contributed by atoms with E-state index in [1.54, 1.807) is 0 Å². The molecular weight excluding hydrogens is 188 g/mol. The molecule has 15 heavy (non-hydrogen) atoms. The highest BCUT2D eigenvalue weighted by atomic mass is 16.5. The van der Waals surface area contributed by atoms with Crippen LogP contribution in [0.1, 0.15) is 12.5 Å². The number of ether oxygens (including phenoxy) is 1. The zero-order valence-corrected chi connectivity index (χ0v) is 8.94. The van der Waals surface area contributed by atoms with Gasteiger partial charge < -0.3 is 10.1 Å². The summed E-state index contributed by atoms with van der Waals surface area (Å²) in [6.07, 6.45) is 0.874. The van der Waals surface area contributed by atoms with Crippen molar-refractivity contribution >= 4 is 5.84 Å². The summed E-state index contributed by atoms with van der Waals surface area (Å²) in [5.41, 5.74) is 1.28. The fraction of sp³-hybridized carbons (Fsp3) is 0.417. The minimum absolute atomic E-state index is 0.00807. The average Bonchev–Trinajstić information content (AvgIpc) is 2.68. The number of hydrogen-bond acceptors (Lipinski definition) is 3. The van der Waals surface area contributed by atoms with Crippen molar-refractivity contribution in [3.05, 3.63) is 35.9 Å². The Morgan fingerprint density at radius 2 is 2.20 bits per heavy atom. The molecule has 1 aromatic rings. The Morgan fingerprint density at radius 3 is 2.93 bits per heavy atom. The Labute approximate surface area is 90.2 Å². The Bertz CT molecular complexity index is 335. The Hall–Kier alpha value is -1.35. The normalized spacial score (nSPS) is 19.8. The number of nitrogens with zero attached hydrogens (tertiary/aromatic N) is 1. The largest absolute Gasteiger partial charge is 0.369 e. The van der Waals surface area contributed by atoms with E-state index in [2.05, 4.69) is 22.4 Å². The summed E-state index contributed by atoms with van der Waals surface area (Å²) in [5.74, 6) is 1.03. The van der Waals surface area contributed by atoms with Gasteiger partial charge in [-0.1, -0.05) is 30.3 Å². The summed E-state index contributed by atoms with van der Waals surface area (Å²) in [4.78, 5) is 4.46. The molecule has 1 N–H and O–H groups in total. The van der Waals surface area contributed by atoms with Crippen molar-refractivity contribution in [2.45, 2.75) is 19.6 Å². The minimum Gasteiger partial charge on any atom is -0.369 e. The molecule has 0 saturated carbocycles. The highest BCUT2D eigenvalue weighted by Gasteiger charge is 2.15. The lowest BCUT2D eigenvalue weighted by Gasteiger charge is -2.03. The quantitative estimate of drug-likeness (QED) is 0.808. The van der Waals surface area contributed by atoms with Gasteiger partial charge in [0, 0.05) is 13.0 Å². The van der Waals surface area contributed by atoms with Crippen molar-refractivity contribution in [1.29, 1.82) is 0 Å². The molecule has 0 aliphatic carbocycles. The molecule has 0 bridgehead atoms. The molecule has 1 aliphatic heterocycles. The predicted octanol–water partition coefficient (Wildman–Crippen LogP) is 1.59. The Morgan fingerprint density at radius 1 is 1.40 bits per heavy atom. The summed E-state index contributed by atoms with van der Waals surface area (Å²) >= 11 is 0. The predicted molar refractivity (Wildman–Crippen MR) is 61.0 cm³/mol. The fourth-order valence-corrected chi connectivity index (χ4v) is 1.66. The van der Waals surface area contributed by atoms with Gasteiger partial charge in [-0.15, -0.1) is 0 Å². The topological polar surface area (TPSA) is 33.6 Å². The number of hydrogen-bond donors (Lipinski definition) is 1. The third kappa shape index (κ3) is 2.80. The molecule has 80 valence electrons. The molecular formula is C12H16N2O. The van der Waals surface area contributed by atoms with Gasteiger partial charge >= 0.3 is 0 Å². The van der Waals surface area contributed by atoms with Crippen molar-refractivity contribution in [2.75, 3.05) is 13.2 Å². The van der Waals surface area contributed by atoms with Crippen LogP contribution in [0.5, 0.6) is 0 Å². The van der Waals surface area contributed by atoms with Crippen LogP contribution >= 0.6 is 0 Å². The first-order chi connectivity index (χ1) is 7.38. The Balaban J connectivity index is 1.94. The van der Waals surface area contributed by atoms with E-state index in [9.17, 15) is 0 Å². The van der Waals surface area contributed by atoms with Crippen molar-refractivity contribution < 1.29 is 4.74 Å². The van der Waals surface area contributed by atoms with Gasteiger partial charge in [0.2, 0.25) is 0 Å². The summed E-state index contributed by atoms with van der Waals surface area (Å²) < 4.78 is 5.42. The maximum atomic E-state index is 5.42. The van der Waals surface area contributed by atoms with E-state index in [4.69, 9.17) is 4.74 Å². The van der Waals surface area contributed by atoms with E-state index in [1.165, 1.54) is 5.56 Å². The average molecular weight is 204 g/mol. The Kier molecular flexibility index (Phi) is 3.35. The molecule has 1 unspecified atom stereocenters. The van der Waals surface area contributed by atoms with Crippen molar-refractivity contribution in [1.82, 2.24) is 5.32 Å². The monoisotopic (exact) mass is 204 g/mol. The SMILES string of the molecule is CCOC1CNC(Cc2ccccc2)=N1. The van der Waals surface area contributed by atoms with Crippen molar-refractivity contribution in [3.8, 4) is 0 Å². The van der Waals surface area contributed by atoms with Crippen LogP contribution in [0.15, 0.2) is 35.3 Å². The molecule has 3 heteroatoms. The van der Waals surface area contributed by atoms with Gasteiger partial charge in [0.05, 0.1) is 6.54 Å². The second kappa shape index (κ2) is 4.94. The smallest absolute Gasteiger partial charge is 0.167 e. The zero-order chi connectivity index (χ0) is 10.5. The van der Waals surface area contributed by atoms with E-state index >= 15 is 0 Å². The minimum atomic E-state index is 0.00807. The summed E-state index contributed by atoms with van der Waals surface area (Å²) in [6, 6.07) is 10.3. The highest BCUT2D eigenvalue weighted by Crippen LogP contribution is 2.06. The third-order valence-corrected chi connectivity index (χ3v) is 2.35. The van der Waals surface area contributed by atoms with Crippen LogP contribution in [-0.2, 0) is 11.2 Å². The molecule has 1 atom stereocenters. The zero-order valence-electron chi connectivity index (χ0n) is 8.94. The van der Waals surface area contributed by atoms with Crippen LogP contribution < -0.4 is 5.32 Å². The lowest BCUT2D eigenvalue weighted by Crippen LogP contribution is -2.23. The number of aliphatic imine (C=N–C) groups is 1. The van der Waals surface area contributed by atoms with Gasteiger partial charge in [-0.3, -0.25) is 0 Å². The summed E-state index contributed by atoms with van der Waals surface area (Å²) in [7, 11) is 0. The maximum Gasteiger partial charge on any atom is 0.167 e. The molecule has 3 nitrogen and oxygen atoms in total. The first kappa shape index (κ1) is 10.2.